The highest BCUT2D eigenvalue weighted by atomic mass is 32.1. The van der Waals surface area contributed by atoms with E-state index in [0.29, 0.717) is 23.9 Å². The largest absolute Gasteiger partial charge is 0.508 e. The van der Waals surface area contributed by atoms with Crippen molar-refractivity contribution in [2.75, 3.05) is 39.3 Å². The maximum atomic E-state index is 10.1. The van der Waals surface area contributed by atoms with Crippen LogP contribution in [0.2, 0.25) is 0 Å². The normalized spacial score (nSPS) is 21.6. The van der Waals surface area contributed by atoms with E-state index < -0.39 is 0 Å². The number of benzene rings is 4. The van der Waals surface area contributed by atoms with Crippen LogP contribution in [0, 0.1) is 0 Å². The Labute approximate surface area is 308 Å². The molecule has 3 saturated heterocycles. The SMILES string of the molecule is Oc1ccc(C[C@@H](CN2CCC[C@@H]2CN2C(=S)NC[C@@H]2Cc2ccccc2)N2C[C@H](Cc3ccccc3)N(CCc3ccccc3)C2=S)cc1. The number of hydrogen-bond donors (Lipinski definition) is 2. The summed E-state index contributed by atoms with van der Waals surface area (Å²) in [7, 11) is 0. The maximum absolute atomic E-state index is 10.1. The van der Waals surface area contributed by atoms with Gasteiger partial charge in [-0.05, 0) is 104 Å². The minimum Gasteiger partial charge on any atom is -0.508 e. The molecule has 8 heteroatoms. The van der Waals surface area contributed by atoms with Gasteiger partial charge in [0.1, 0.15) is 5.75 Å². The Morgan fingerprint density at radius 3 is 1.98 bits per heavy atom. The molecule has 0 aliphatic carbocycles. The molecule has 4 aromatic carbocycles. The number of hydrogen-bond acceptors (Lipinski definition) is 4. The van der Waals surface area contributed by atoms with Gasteiger partial charge in [-0.3, -0.25) is 4.90 Å². The highest BCUT2D eigenvalue weighted by Crippen LogP contribution is 2.29. The summed E-state index contributed by atoms with van der Waals surface area (Å²) < 4.78 is 0. The zero-order valence-electron chi connectivity index (χ0n) is 28.8. The highest BCUT2D eigenvalue weighted by molar-refractivity contribution is 7.80. The zero-order valence-corrected chi connectivity index (χ0v) is 30.4. The summed E-state index contributed by atoms with van der Waals surface area (Å²) in [5.41, 5.74) is 5.27. The van der Waals surface area contributed by atoms with Gasteiger partial charge in [0.05, 0.1) is 12.1 Å². The van der Waals surface area contributed by atoms with Crippen LogP contribution in [0.25, 0.3) is 0 Å². The van der Waals surface area contributed by atoms with Gasteiger partial charge in [0, 0.05) is 44.8 Å². The molecule has 3 aliphatic rings. The van der Waals surface area contributed by atoms with Crippen LogP contribution in [0.4, 0.5) is 0 Å². The average molecular weight is 704 g/mol. The lowest BCUT2D eigenvalue weighted by Crippen LogP contribution is -2.51. The zero-order chi connectivity index (χ0) is 34.3. The first-order valence-corrected chi connectivity index (χ1v) is 19.1. The summed E-state index contributed by atoms with van der Waals surface area (Å²) in [6, 6.07) is 41.5. The molecule has 0 radical (unpaired) electrons. The van der Waals surface area contributed by atoms with Crippen molar-refractivity contribution in [1.29, 1.82) is 0 Å². The number of likely N-dealkylation sites (tertiary alicyclic amines) is 1. The fourth-order valence-corrected chi connectivity index (χ4v) is 8.94. The minimum absolute atomic E-state index is 0.205. The monoisotopic (exact) mass is 703 g/mol. The van der Waals surface area contributed by atoms with Crippen LogP contribution < -0.4 is 5.32 Å². The van der Waals surface area contributed by atoms with E-state index in [2.05, 4.69) is 128 Å². The molecule has 0 bridgehead atoms. The molecule has 0 unspecified atom stereocenters. The van der Waals surface area contributed by atoms with E-state index in [0.717, 1.165) is 75.2 Å². The van der Waals surface area contributed by atoms with E-state index >= 15 is 0 Å². The van der Waals surface area contributed by atoms with Crippen molar-refractivity contribution < 1.29 is 5.11 Å². The first-order valence-electron chi connectivity index (χ1n) is 18.3. The smallest absolute Gasteiger partial charge is 0.172 e. The van der Waals surface area contributed by atoms with Crippen molar-refractivity contribution in [1.82, 2.24) is 24.9 Å². The molecule has 260 valence electrons. The van der Waals surface area contributed by atoms with Crippen molar-refractivity contribution in [2.45, 2.75) is 62.7 Å². The molecule has 0 aromatic heterocycles. The number of nitrogens with zero attached hydrogens (tertiary/aromatic N) is 4. The van der Waals surface area contributed by atoms with Crippen molar-refractivity contribution in [3.63, 3.8) is 0 Å². The molecular formula is C42H49N5OS2. The summed E-state index contributed by atoms with van der Waals surface area (Å²) >= 11 is 12.3. The molecule has 7 rings (SSSR count). The Kier molecular flexibility index (Phi) is 11.3. The highest BCUT2D eigenvalue weighted by Gasteiger charge is 2.40. The van der Waals surface area contributed by atoms with Gasteiger partial charge in [0.25, 0.3) is 0 Å². The Balaban J connectivity index is 1.11. The second-order valence-corrected chi connectivity index (χ2v) is 15.0. The summed E-state index contributed by atoms with van der Waals surface area (Å²) in [5, 5.41) is 15.4. The van der Waals surface area contributed by atoms with Crippen LogP contribution in [0.5, 0.6) is 5.75 Å². The molecule has 3 fully saturated rings. The second-order valence-electron chi connectivity index (χ2n) is 14.2. The number of aromatic hydroxyl groups is 1. The Bertz CT molecular complexity index is 1690. The van der Waals surface area contributed by atoms with E-state index in [4.69, 9.17) is 24.4 Å². The van der Waals surface area contributed by atoms with Gasteiger partial charge >= 0.3 is 0 Å². The van der Waals surface area contributed by atoms with E-state index in [1.165, 1.54) is 35.1 Å². The molecule has 3 heterocycles. The third-order valence-corrected chi connectivity index (χ3v) is 11.7. The maximum Gasteiger partial charge on any atom is 0.172 e. The van der Waals surface area contributed by atoms with E-state index in [9.17, 15) is 5.11 Å². The van der Waals surface area contributed by atoms with Crippen molar-refractivity contribution in [2.24, 2.45) is 0 Å². The summed E-state index contributed by atoms with van der Waals surface area (Å²) in [5.74, 6) is 0.303. The van der Waals surface area contributed by atoms with Gasteiger partial charge in [0.2, 0.25) is 0 Å². The third-order valence-electron chi connectivity index (χ3n) is 10.8. The van der Waals surface area contributed by atoms with Crippen LogP contribution >= 0.6 is 24.4 Å². The predicted molar refractivity (Wildman–Crippen MR) is 212 cm³/mol. The number of rotatable bonds is 14. The molecule has 50 heavy (non-hydrogen) atoms. The molecule has 0 amide bonds. The van der Waals surface area contributed by atoms with Gasteiger partial charge in [-0.25, -0.2) is 0 Å². The second kappa shape index (κ2) is 16.4. The van der Waals surface area contributed by atoms with Crippen molar-refractivity contribution in [3.8, 4) is 5.75 Å². The predicted octanol–water partition coefficient (Wildman–Crippen LogP) is 6.33. The Morgan fingerprint density at radius 2 is 1.32 bits per heavy atom. The Morgan fingerprint density at radius 1 is 0.700 bits per heavy atom. The van der Waals surface area contributed by atoms with Crippen LogP contribution in [-0.2, 0) is 25.7 Å². The van der Waals surface area contributed by atoms with Gasteiger partial charge in [0.15, 0.2) is 10.2 Å². The Hall–Kier alpha value is -3.98. The fourth-order valence-electron chi connectivity index (χ4n) is 8.16. The van der Waals surface area contributed by atoms with Crippen molar-refractivity contribution in [3.05, 3.63) is 138 Å². The van der Waals surface area contributed by atoms with Gasteiger partial charge < -0.3 is 25.1 Å². The van der Waals surface area contributed by atoms with E-state index in [-0.39, 0.29) is 6.04 Å². The summed E-state index contributed by atoms with van der Waals surface area (Å²) in [6.45, 7) is 5.67. The number of phenols is 1. The molecule has 0 spiro atoms. The molecule has 4 atom stereocenters. The van der Waals surface area contributed by atoms with Crippen LogP contribution in [0.1, 0.15) is 35.1 Å². The van der Waals surface area contributed by atoms with Crippen LogP contribution in [0.3, 0.4) is 0 Å². The third kappa shape index (κ3) is 8.48. The average Bonchev–Trinajstić information content (AvgIpc) is 3.82. The summed E-state index contributed by atoms with van der Waals surface area (Å²) in [4.78, 5) is 10.2. The van der Waals surface area contributed by atoms with Crippen LogP contribution in [0.15, 0.2) is 115 Å². The first kappa shape index (κ1) is 34.5. The van der Waals surface area contributed by atoms with Crippen LogP contribution in [-0.4, -0.2) is 98.4 Å². The number of thiocarbonyl (C=S) groups is 2. The molecule has 2 N–H and O–H groups in total. The molecular weight excluding hydrogens is 655 g/mol. The number of phenolic OH excluding ortho intramolecular Hbond substituents is 1. The van der Waals surface area contributed by atoms with E-state index in [1.807, 2.05) is 12.1 Å². The quantitative estimate of drug-likeness (QED) is 0.148. The lowest BCUT2D eigenvalue weighted by molar-refractivity contribution is 0.159. The standard InChI is InChI=1S/C42H49N5OS2/c48-40-20-18-35(19-21-40)27-38(29-44-23-10-17-36(44)30-46-37(28-43-41(46)49)25-33-13-6-2-7-14-33)47-31-39(26-34-15-8-3-9-16-34)45(42(47)50)24-22-32-11-4-1-5-12-32/h1-9,11-16,18-21,36-39,48H,10,17,22-31H2,(H,43,49)/t36-,37+,38+,39+/m1/s1. The number of nitrogens with one attached hydrogen (secondary N) is 1. The lowest BCUT2D eigenvalue weighted by atomic mass is 10.0. The topological polar surface area (TPSA) is 45.2 Å². The molecule has 0 saturated carbocycles. The lowest BCUT2D eigenvalue weighted by Gasteiger charge is -2.37. The first-order chi connectivity index (χ1) is 24.5. The summed E-state index contributed by atoms with van der Waals surface area (Å²) in [6.07, 6.45) is 6.16. The molecule has 6 nitrogen and oxygen atoms in total. The minimum atomic E-state index is 0.205. The van der Waals surface area contributed by atoms with Crippen molar-refractivity contribution >= 4 is 34.7 Å². The fraction of sp³-hybridized carbons (Fsp3) is 0.381. The van der Waals surface area contributed by atoms with Gasteiger partial charge in [-0.2, -0.15) is 0 Å². The molecule has 3 aliphatic heterocycles. The molecule has 4 aromatic rings. The van der Waals surface area contributed by atoms with Gasteiger partial charge in [-0.1, -0.05) is 103 Å². The van der Waals surface area contributed by atoms with E-state index in [1.54, 1.807) is 0 Å². The van der Waals surface area contributed by atoms with Gasteiger partial charge in [-0.15, -0.1) is 0 Å².